The maximum atomic E-state index is 12.3. The van der Waals surface area contributed by atoms with Crippen LogP contribution in [0.25, 0.3) is 11.0 Å². The largest absolute Gasteiger partial charge is 0.379 e. The number of hydrogen-bond donors (Lipinski definition) is 1. The second-order valence-corrected chi connectivity index (χ2v) is 5.81. The number of rotatable bonds is 4. The zero-order valence-corrected chi connectivity index (χ0v) is 13.5. The van der Waals surface area contributed by atoms with Crippen molar-refractivity contribution in [1.29, 1.82) is 0 Å². The Hall–Kier alpha value is -2.12. The molecule has 124 valence electrons. The molecule has 0 aliphatic carbocycles. The lowest BCUT2D eigenvalue weighted by Gasteiger charge is -2.26. The molecule has 1 aliphatic rings. The molecule has 3 rings (SSSR count). The van der Waals surface area contributed by atoms with Crippen molar-refractivity contribution >= 4 is 16.9 Å². The highest BCUT2D eigenvalue weighted by atomic mass is 16.5. The first kappa shape index (κ1) is 15.8. The highest BCUT2D eigenvalue weighted by Crippen LogP contribution is 2.13. The van der Waals surface area contributed by atoms with Crippen molar-refractivity contribution in [3.63, 3.8) is 0 Å². The smallest absolute Gasteiger partial charge is 0.328 e. The van der Waals surface area contributed by atoms with Crippen molar-refractivity contribution in [3.8, 4) is 0 Å². The van der Waals surface area contributed by atoms with Crippen molar-refractivity contribution < 1.29 is 9.53 Å². The molecule has 1 aromatic carbocycles. The quantitative estimate of drug-likeness (QED) is 0.857. The van der Waals surface area contributed by atoms with Crippen LogP contribution in [-0.2, 0) is 18.8 Å². The van der Waals surface area contributed by atoms with Crippen LogP contribution in [0.3, 0.4) is 0 Å². The minimum Gasteiger partial charge on any atom is -0.379 e. The number of carbonyl (C=O) groups is 1. The summed E-state index contributed by atoms with van der Waals surface area (Å²) in [4.78, 5) is 26.5. The van der Waals surface area contributed by atoms with Gasteiger partial charge < -0.3 is 10.1 Å². The van der Waals surface area contributed by atoms with E-state index in [-0.39, 0.29) is 11.6 Å². The van der Waals surface area contributed by atoms with Gasteiger partial charge in [0.25, 0.3) is 5.91 Å². The number of aromatic nitrogens is 2. The number of morpholine rings is 1. The van der Waals surface area contributed by atoms with E-state index >= 15 is 0 Å². The number of hydrogen-bond acceptors (Lipinski definition) is 4. The zero-order chi connectivity index (χ0) is 16.4. The molecule has 2 heterocycles. The third-order valence-corrected chi connectivity index (χ3v) is 4.35. The second kappa shape index (κ2) is 6.55. The second-order valence-electron chi connectivity index (χ2n) is 5.81. The molecule has 0 atom stereocenters. The normalized spacial score (nSPS) is 15.9. The minimum absolute atomic E-state index is 0.0927. The Kier molecular flexibility index (Phi) is 4.49. The monoisotopic (exact) mass is 318 g/mol. The maximum absolute atomic E-state index is 12.3. The van der Waals surface area contributed by atoms with Gasteiger partial charge in [-0.3, -0.25) is 18.8 Å². The van der Waals surface area contributed by atoms with Gasteiger partial charge in [0.1, 0.15) is 0 Å². The number of nitrogens with one attached hydrogen (secondary N) is 1. The van der Waals surface area contributed by atoms with Gasteiger partial charge in [0.15, 0.2) is 0 Å². The molecule has 2 aromatic rings. The zero-order valence-electron chi connectivity index (χ0n) is 13.5. The minimum atomic E-state index is -0.114. The Labute approximate surface area is 134 Å². The van der Waals surface area contributed by atoms with Gasteiger partial charge in [0.2, 0.25) is 0 Å². The lowest BCUT2D eigenvalue weighted by atomic mass is 10.2. The van der Waals surface area contributed by atoms with Gasteiger partial charge in [-0.1, -0.05) is 0 Å². The summed E-state index contributed by atoms with van der Waals surface area (Å²) >= 11 is 0. The summed E-state index contributed by atoms with van der Waals surface area (Å²) in [5.41, 5.74) is 2.06. The molecule has 1 saturated heterocycles. The molecular weight excluding hydrogens is 296 g/mol. The number of amides is 1. The molecule has 1 amide bonds. The van der Waals surface area contributed by atoms with Gasteiger partial charge >= 0.3 is 5.69 Å². The van der Waals surface area contributed by atoms with E-state index in [2.05, 4.69) is 10.2 Å². The van der Waals surface area contributed by atoms with Crippen molar-refractivity contribution in [2.45, 2.75) is 0 Å². The fourth-order valence-electron chi connectivity index (χ4n) is 2.90. The molecule has 1 aliphatic heterocycles. The van der Waals surface area contributed by atoms with Crippen LogP contribution in [-0.4, -0.2) is 59.3 Å². The predicted molar refractivity (Wildman–Crippen MR) is 87.8 cm³/mol. The predicted octanol–water partition coefficient (Wildman–Crippen LogP) is -0.0610. The highest BCUT2D eigenvalue weighted by Gasteiger charge is 2.13. The van der Waals surface area contributed by atoms with Crippen LogP contribution in [0.5, 0.6) is 0 Å². The average molecular weight is 318 g/mol. The van der Waals surface area contributed by atoms with Gasteiger partial charge in [-0.15, -0.1) is 0 Å². The summed E-state index contributed by atoms with van der Waals surface area (Å²) in [6.45, 7) is 4.76. The Bertz CT molecular complexity index is 771. The summed E-state index contributed by atoms with van der Waals surface area (Å²) in [5.74, 6) is -0.114. The van der Waals surface area contributed by atoms with Crippen molar-refractivity contribution in [2.24, 2.45) is 14.1 Å². The van der Waals surface area contributed by atoms with Crippen LogP contribution in [0.15, 0.2) is 23.0 Å². The van der Waals surface area contributed by atoms with Gasteiger partial charge in [0.05, 0.1) is 24.2 Å². The lowest BCUT2D eigenvalue weighted by molar-refractivity contribution is 0.0383. The molecule has 0 bridgehead atoms. The molecule has 1 fully saturated rings. The first-order chi connectivity index (χ1) is 11.1. The van der Waals surface area contributed by atoms with E-state index in [1.165, 1.54) is 0 Å². The van der Waals surface area contributed by atoms with Crippen molar-refractivity contribution in [3.05, 3.63) is 34.2 Å². The third kappa shape index (κ3) is 3.16. The molecule has 23 heavy (non-hydrogen) atoms. The maximum Gasteiger partial charge on any atom is 0.328 e. The highest BCUT2D eigenvalue weighted by molar-refractivity contribution is 5.97. The van der Waals surface area contributed by atoms with Gasteiger partial charge in [-0.2, -0.15) is 0 Å². The van der Waals surface area contributed by atoms with Gasteiger partial charge in [-0.25, -0.2) is 4.79 Å². The fourth-order valence-corrected chi connectivity index (χ4v) is 2.90. The van der Waals surface area contributed by atoms with Gasteiger partial charge in [-0.05, 0) is 18.2 Å². The first-order valence-electron chi connectivity index (χ1n) is 7.81. The van der Waals surface area contributed by atoms with Crippen LogP contribution in [0.4, 0.5) is 0 Å². The van der Waals surface area contributed by atoms with E-state index in [1.807, 2.05) is 6.07 Å². The molecule has 0 spiro atoms. The van der Waals surface area contributed by atoms with Crippen LogP contribution in [0, 0.1) is 0 Å². The number of fused-ring (bicyclic) bond motifs is 1. The summed E-state index contributed by atoms with van der Waals surface area (Å²) in [5, 5.41) is 2.94. The standard InChI is InChI=1S/C16H22N4O3/c1-18-13-4-3-12(11-14(13)19(2)16(18)22)15(21)17-5-6-20-7-9-23-10-8-20/h3-4,11H,5-10H2,1-2H3,(H,17,21). The number of nitrogens with zero attached hydrogens (tertiary/aromatic N) is 3. The molecule has 7 heteroatoms. The number of ether oxygens (including phenoxy) is 1. The average Bonchev–Trinajstić information content (AvgIpc) is 2.80. The van der Waals surface area contributed by atoms with E-state index in [0.717, 1.165) is 43.9 Å². The third-order valence-electron chi connectivity index (χ3n) is 4.35. The van der Waals surface area contributed by atoms with E-state index in [9.17, 15) is 9.59 Å². The van der Waals surface area contributed by atoms with Crippen LogP contribution < -0.4 is 11.0 Å². The van der Waals surface area contributed by atoms with Crippen LogP contribution in [0.2, 0.25) is 0 Å². The number of imidazole rings is 1. The van der Waals surface area contributed by atoms with E-state index < -0.39 is 0 Å². The Morgan fingerprint density at radius 3 is 2.61 bits per heavy atom. The Balaban J connectivity index is 1.66. The van der Waals surface area contributed by atoms with Crippen molar-refractivity contribution in [1.82, 2.24) is 19.4 Å². The topological polar surface area (TPSA) is 68.5 Å². The first-order valence-corrected chi connectivity index (χ1v) is 7.81. The number of benzene rings is 1. The van der Waals surface area contributed by atoms with E-state index in [4.69, 9.17) is 4.74 Å². The summed E-state index contributed by atoms with van der Waals surface area (Å²) < 4.78 is 8.44. The van der Waals surface area contributed by atoms with Crippen LogP contribution in [0.1, 0.15) is 10.4 Å². The molecule has 0 saturated carbocycles. The molecular formula is C16H22N4O3. The SMILES string of the molecule is Cn1c(=O)n(C)c2cc(C(=O)NCCN3CCOCC3)ccc21. The summed E-state index contributed by atoms with van der Waals surface area (Å²) in [6, 6.07) is 5.33. The summed E-state index contributed by atoms with van der Waals surface area (Å²) in [7, 11) is 3.44. The van der Waals surface area contributed by atoms with Crippen LogP contribution >= 0.6 is 0 Å². The molecule has 0 unspecified atom stereocenters. The molecule has 1 aromatic heterocycles. The van der Waals surface area contributed by atoms with Gasteiger partial charge in [0, 0.05) is 45.8 Å². The summed E-state index contributed by atoms with van der Waals surface area (Å²) in [6.07, 6.45) is 0. The number of aryl methyl sites for hydroxylation is 2. The molecule has 0 radical (unpaired) electrons. The Morgan fingerprint density at radius 1 is 1.17 bits per heavy atom. The molecule has 7 nitrogen and oxygen atoms in total. The lowest BCUT2D eigenvalue weighted by Crippen LogP contribution is -2.41. The fraction of sp³-hybridized carbons (Fsp3) is 0.500. The molecule has 1 N–H and O–H groups in total. The van der Waals surface area contributed by atoms with Crippen molar-refractivity contribution in [2.75, 3.05) is 39.4 Å². The van der Waals surface area contributed by atoms with E-state index in [0.29, 0.717) is 12.1 Å². The van der Waals surface area contributed by atoms with E-state index in [1.54, 1.807) is 35.4 Å². The number of carbonyl (C=O) groups excluding carboxylic acids is 1. The Morgan fingerprint density at radius 2 is 1.87 bits per heavy atom.